The van der Waals surface area contributed by atoms with Crippen LogP contribution in [0.2, 0.25) is 0 Å². The van der Waals surface area contributed by atoms with Crippen molar-refractivity contribution in [3.05, 3.63) is 35.9 Å². The summed E-state index contributed by atoms with van der Waals surface area (Å²) in [6.07, 6.45) is 4.04. The van der Waals surface area contributed by atoms with E-state index in [9.17, 15) is 9.59 Å². The number of likely N-dealkylation sites (N-methyl/N-ethyl adjacent to an activating group) is 1. The van der Waals surface area contributed by atoms with Crippen LogP contribution in [0.3, 0.4) is 0 Å². The van der Waals surface area contributed by atoms with Crippen LogP contribution in [-0.2, 0) is 16.1 Å². The molecule has 2 aliphatic rings. The molecule has 2 saturated heterocycles. The zero-order valence-corrected chi connectivity index (χ0v) is 16.1. The van der Waals surface area contributed by atoms with E-state index in [1.54, 1.807) is 11.9 Å². The van der Waals surface area contributed by atoms with Gasteiger partial charge < -0.3 is 10.2 Å². The van der Waals surface area contributed by atoms with Crippen LogP contribution in [0.1, 0.15) is 51.5 Å². The molecule has 2 heterocycles. The highest BCUT2D eigenvalue weighted by atomic mass is 16.2. The first-order valence-electron chi connectivity index (χ1n) is 9.81. The van der Waals surface area contributed by atoms with Gasteiger partial charge in [0.2, 0.25) is 11.8 Å². The molecule has 5 nitrogen and oxygen atoms in total. The fraction of sp³-hybridized carbons (Fsp3) is 0.619. The monoisotopic (exact) mass is 357 g/mol. The zero-order chi connectivity index (χ0) is 18.7. The molecule has 4 atom stereocenters. The maximum absolute atomic E-state index is 12.7. The van der Waals surface area contributed by atoms with Gasteiger partial charge in [-0.25, -0.2) is 0 Å². The number of benzene rings is 1. The highest BCUT2D eigenvalue weighted by Gasteiger charge is 2.35. The van der Waals surface area contributed by atoms with Gasteiger partial charge in [-0.15, -0.1) is 0 Å². The standard InChI is InChI=1S/C21H31N3O2/c1-15-12-18(22-21(26)19-10-7-11-20(25)23(19)3)13-16(2)24(15)14-17-8-5-4-6-9-17/h4-6,8-9,15-16,18-19H,7,10-14H2,1-3H3,(H,22,26)/t15-,16+,18?,19?. The molecule has 1 N–H and O–H groups in total. The number of nitrogens with zero attached hydrogens (tertiary/aromatic N) is 2. The summed E-state index contributed by atoms with van der Waals surface area (Å²) < 4.78 is 0. The minimum Gasteiger partial charge on any atom is -0.351 e. The van der Waals surface area contributed by atoms with Gasteiger partial charge in [0.25, 0.3) is 0 Å². The minimum absolute atomic E-state index is 0.0152. The Hall–Kier alpha value is -1.88. The average Bonchev–Trinajstić information content (AvgIpc) is 2.61. The van der Waals surface area contributed by atoms with Crippen LogP contribution in [0.5, 0.6) is 0 Å². The Balaban J connectivity index is 1.57. The number of amides is 2. The van der Waals surface area contributed by atoms with Gasteiger partial charge >= 0.3 is 0 Å². The first kappa shape index (κ1) is 18.9. The van der Waals surface area contributed by atoms with Gasteiger partial charge in [0.15, 0.2) is 0 Å². The topological polar surface area (TPSA) is 52.7 Å². The second-order valence-corrected chi connectivity index (χ2v) is 7.95. The lowest BCUT2D eigenvalue weighted by Gasteiger charge is -2.43. The highest BCUT2D eigenvalue weighted by molar-refractivity contribution is 5.88. The number of rotatable bonds is 4. The van der Waals surface area contributed by atoms with E-state index >= 15 is 0 Å². The van der Waals surface area contributed by atoms with Crippen molar-refractivity contribution < 1.29 is 9.59 Å². The summed E-state index contributed by atoms with van der Waals surface area (Å²) in [5.74, 6) is 0.0947. The Morgan fingerprint density at radius 3 is 2.46 bits per heavy atom. The summed E-state index contributed by atoms with van der Waals surface area (Å²) in [6, 6.07) is 11.3. The van der Waals surface area contributed by atoms with Crippen LogP contribution in [0, 0.1) is 0 Å². The number of carbonyl (C=O) groups is 2. The molecule has 26 heavy (non-hydrogen) atoms. The van der Waals surface area contributed by atoms with E-state index in [4.69, 9.17) is 0 Å². The highest BCUT2D eigenvalue weighted by Crippen LogP contribution is 2.26. The summed E-state index contributed by atoms with van der Waals surface area (Å²) >= 11 is 0. The zero-order valence-electron chi connectivity index (χ0n) is 16.1. The van der Waals surface area contributed by atoms with Gasteiger partial charge in [-0.05, 0) is 45.1 Å². The average molecular weight is 357 g/mol. The largest absolute Gasteiger partial charge is 0.351 e. The molecule has 0 spiro atoms. The van der Waals surface area contributed by atoms with Crippen LogP contribution < -0.4 is 5.32 Å². The maximum Gasteiger partial charge on any atom is 0.243 e. The van der Waals surface area contributed by atoms with E-state index in [1.807, 2.05) is 6.07 Å². The maximum atomic E-state index is 12.7. The molecule has 1 aromatic carbocycles. The molecular weight excluding hydrogens is 326 g/mol. The molecule has 0 bridgehead atoms. The van der Waals surface area contributed by atoms with Gasteiger partial charge in [0.05, 0.1) is 0 Å². The Kier molecular flexibility index (Phi) is 5.97. The fourth-order valence-corrected chi connectivity index (χ4v) is 4.44. The Labute approximate surface area is 156 Å². The molecule has 2 unspecified atom stereocenters. The second-order valence-electron chi connectivity index (χ2n) is 7.95. The van der Waals surface area contributed by atoms with E-state index < -0.39 is 0 Å². The number of carbonyl (C=O) groups excluding carboxylic acids is 2. The lowest BCUT2D eigenvalue weighted by Crippen LogP contribution is -2.56. The minimum atomic E-state index is -0.302. The fourth-order valence-electron chi connectivity index (χ4n) is 4.44. The first-order valence-corrected chi connectivity index (χ1v) is 9.81. The molecule has 0 saturated carbocycles. The van der Waals surface area contributed by atoms with Crippen LogP contribution in [0.4, 0.5) is 0 Å². The summed E-state index contributed by atoms with van der Waals surface area (Å²) in [6.45, 7) is 5.44. The Morgan fingerprint density at radius 2 is 1.81 bits per heavy atom. The third kappa shape index (κ3) is 4.26. The molecule has 3 rings (SSSR count). The summed E-state index contributed by atoms with van der Waals surface area (Å²) in [5, 5.41) is 3.23. The molecule has 142 valence electrons. The normalized spacial score (nSPS) is 30.3. The van der Waals surface area contributed by atoms with Crippen molar-refractivity contribution in [1.82, 2.24) is 15.1 Å². The van der Waals surface area contributed by atoms with Crippen molar-refractivity contribution >= 4 is 11.8 Å². The molecule has 5 heteroatoms. The Bertz CT molecular complexity index is 621. The van der Waals surface area contributed by atoms with Crippen molar-refractivity contribution in [2.75, 3.05) is 7.05 Å². The van der Waals surface area contributed by atoms with E-state index in [0.29, 0.717) is 18.5 Å². The summed E-state index contributed by atoms with van der Waals surface area (Å²) in [4.78, 5) is 28.7. The number of piperidine rings is 2. The summed E-state index contributed by atoms with van der Waals surface area (Å²) in [7, 11) is 1.75. The van der Waals surface area contributed by atoms with E-state index in [2.05, 4.69) is 48.3 Å². The number of nitrogens with one attached hydrogen (secondary N) is 1. The second kappa shape index (κ2) is 8.21. The smallest absolute Gasteiger partial charge is 0.243 e. The van der Waals surface area contributed by atoms with Gasteiger partial charge in [0.1, 0.15) is 6.04 Å². The van der Waals surface area contributed by atoms with Crippen molar-refractivity contribution in [3.8, 4) is 0 Å². The van der Waals surface area contributed by atoms with Gasteiger partial charge in [-0.1, -0.05) is 30.3 Å². The SMILES string of the molecule is C[C@@H]1CC(NC(=O)C2CCCC(=O)N2C)C[C@H](C)N1Cc1ccccc1. The van der Waals surface area contributed by atoms with Crippen LogP contribution >= 0.6 is 0 Å². The van der Waals surface area contributed by atoms with E-state index in [1.165, 1.54) is 5.56 Å². The van der Waals surface area contributed by atoms with Crippen molar-refractivity contribution in [2.45, 2.75) is 76.7 Å². The molecule has 2 fully saturated rings. The van der Waals surface area contributed by atoms with Gasteiger partial charge in [-0.3, -0.25) is 14.5 Å². The molecular formula is C21H31N3O2. The number of hydrogen-bond acceptors (Lipinski definition) is 3. The van der Waals surface area contributed by atoms with Crippen molar-refractivity contribution in [1.29, 1.82) is 0 Å². The third-order valence-electron chi connectivity index (χ3n) is 5.97. The number of hydrogen-bond donors (Lipinski definition) is 1. The molecule has 2 amide bonds. The van der Waals surface area contributed by atoms with Gasteiger partial charge in [0, 0.05) is 38.1 Å². The third-order valence-corrected chi connectivity index (χ3v) is 5.97. The summed E-state index contributed by atoms with van der Waals surface area (Å²) in [5.41, 5.74) is 1.33. The predicted octanol–water partition coefficient (Wildman–Crippen LogP) is 2.56. The van der Waals surface area contributed by atoms with Crippen LogP contribution in [0.15, 0.2) is 30.3 Å². The van der Waals surface area contributed by atoms with E-state index in [-0.39, 0.29) is 23.9 Å². The lowest BCUT2D eigenvalue weighted by molar-refractivity contribution is -0.142. The molecule has 0 aliphatic carbocycles. The predicted molar refractivity (Wildman–Crippen MR) is 102 cm³/mol. The lowest BCUT2D eigenvalue weighted by atomic mass is 9.91. The Morgan fingerprint density at radius 1 is 1.15 bits per heavy atom. The van der Waals surface area contributed by atoms with Crippen molar-refractivity contribution in [3.63, 3.8) is 0 Å². The number of likely N-dealkylation sites (tertiary alicyclic amines) is 2. The van der Waals surface area contributed by atoms with E-state index in [0.717, 1.165) is 32.2 Å². The molecule has 0 radical (unpaired) electrons. The molecule has 1 aromatic rings. The van der Waals surface area contributed by atoms with Crippen LogP contribution in [-0.4, -0.2) is 52.8 Å². The quantitative estimate of drug-likeness (QED) is 0.901. The molecule has 0 aromatic heterocycles. The van der Waals surface area contributed by atoms with Crippen molar-refractivity contribution in [2.24, 2.45) is 0 Å². The van der Waals surface area contributed by atoms with Crippen LogP contribution in [0.25, 0.3) is 0 Å². The first-order chi connectivity index (χ1) is 12.5. The molecule has 2 aliphatic heterocycles. The van der Waals surface area contributed by atoms with Gasteiger partial charge in [-0.2, -0.15) is 0 Å².